The number of nitrogens with zero attached hydrogens (tertiary/aromatic N) is 2. The molecule has 2 rings (SSSR count). The summed E-state index contributed by atoms with van der Waals surface area (Å²) >= 11 is 6.24. The van der Waals surface area contributed by atoms with Crippen molar-refractivity contribution in [2.45, 2.75) is 20.0 Å². The number of methoxy groups -OCH3 is 1. The number of benzene rings is 2. The van der Waals surface area contributed by atoms with Crippen molar-refractivity contribution in [3.05, 3.63) is 52.5 Å². The topological polar surface area (TPSA) is 92.9 Å². The molecule has 0 unspecified atom stereocenters. The molecule has 0 aliphatic carbocycles. The van der Waals surface area contributed by atoms with Crippen molar-refractivity contribution in [2.24, 2.45) is 5.10 Å². The Labute approximate surface area is 168 Å². The quantitative estimate of drug-likeness (QED) is 0.539. The molecule has 0 saturated heterocycles. The van der Waals surface area contributed by atoms with Crippen molar-refractivity contribution in [1.29, 1.82) is 5.26 Å². The van der Waals surface area contributed by atoms with Gasteiger partial charge in [-0.3, -0.25) is 4.79 Å². The number of nitriles is 1. The largest absolute Gasteiger partial charge is 0.493 e. The number of rotatable bonds is 8. The van der Waals surface area contributed by atoms with Crippen LogP contribution in [0.2, 0.25) is 5.02 Å². The minimum atomic E-state index is -0.471. The molecular formula is C20H20ClN3O4. The summed E-state index contributed by atoms with van der Waals surface area (Å²) in [5, 5.41) is 13.3. The molecule has 0 radical (unpaired) electrons. The second-order valence-corrected chi connectivity index (χ2v) is 6.30. The molecule has 2 aromatic carbocycles. The lowest BCUT2D eigenvalue weighted by molar-refractivity contribution is -0.123. The Bertz CT molecular complexity index is 907. The van der Waals surface area contributed by atoms with E-state index < -0.39 is 5.91 Å². The summed E-state index contributed by atoms with van der Waals surface area (Å²) in [5.74, 6) is 0.776. The predicted octanol–water partition coefficient (Wildman–Crippen LogP) is 3.54. The van der Waals surface area contributed by atoms with Gasteiger partial charge in [0.15, 0.2) is 18.1 Å². The van der Waals surface area contributed by atoms with E-state index in [4.69, 9.17) is 31.1 Å². The highest BCUT2D eigenvalue weighted by Crippen LogP contribution is 2.36. The third-order valence-corrected chi connectivity index (χ3v) is 3.66. The molecule has 28 heavy (non-hydrogen) atoms. The molecule has 0 fully saturated rings. The van der Waals surface area contributed by atoms with Gasteiger partial charge in [0.25, 0.3) is 5.91 Å². The van der Waals surface area contributed by atoms with Gasteiger partial charge in [-0.05, 0) is 43.7 Å². The van der Waals surface area contributed by atoms with Crippen LogP contribution in [-0.2, 0) is 4.79 Å². The molecule has 1 N–H and O–H groups in total. The first-order chi connectivity index (χ1) is 13.4. The van der Waals surface area contributed by atoms with E-state index in [2.05, 4.69) is 10.5 Å². The van der Waals surface area contributed by atoms with Crippen LogP contribution in [0.25, 0.3) is 0 Å². The van der Waals surface area contributed by atoms with Crippen LogP contribution in [0.15, 0.2) is 41.5 Å². The van der Waals surface area contributed by atoms with Crippen molar-refractivity contribution in [1.82, 2.24) is 5.43 Å². The first-order valence-corrected chi connectivity index (χ1v) is 8.80. The summed E-state index contributed by atoms with van der Waals surface area (Å²) < 4.78 is 16.3. The minimum absolute atomic E-state index is 0.0589. The molecular weight excluding hydrogens is 382 g/mol. The average molecular weight is 402 g/mol. The molecule has 0 atom stereocenters. The minimum Gasteiger partial charge on any atom is -0.493 e. The Morgan fingerprint density at radius 1 is 1.32 bits per heavy atom. The number of carbonyl (C=O) groups excluding carboxylic acids is 1. The SMILES string of the molecule is COc1cc(/C=N\NC(=O)COc2ccccc2C#N)cc(Cl)c1OC(C)C. The third-order valence-electron chi connectivity index (χ3n) is 3.37. The number of para-hydroxylation sites is 1. The van der Waals surface area contributed by atoms with Gasteiger partial charge < -0.3 is 14.2 Å². The first-order valence-electron chi connectivity index (χ1n) is 8.42. The van der Waals surface area contributed by atoms with Crippen LogP contribution in [-0.4, -0.2) is 31.9 Å². The number of hydrogen-bond acceptors (Lipinski definition) is 6. The number of halogens is 1. The summed E-state index contributed by atoms with van der Waals surface area (Å²) in [6.45, 7) is 3.50. The van der Waals surface area contributed by atoms with E-state index >= 15 is 0 Å². The zero-order chi connectivity index (χ0) is 20.5. The number of hydrogen-bond donors (Lipinski definition) is 1. The van der Waals surface area contributed by atoms with Gasteiger partial charge in [-0.1, -0.05) is 23.7 Å². The molecule has 146 valence electrons. The number of hydrazone groups is 1. The lowest BCUT2D eigenvalue weighted by atomic mass is 10.2. The van der Waals surface area contributed by atoms with Crippen LogP contribution >= 0.6 is 11.6 Å². The van der Waals surface area contributed by atoms with Crippen LogP contribution in [0.1, 0.15) is 25.0 Å². The smallest absolute Gasteiger partial charge is 0.277 e. The molecule has 0 bridgehead atoms. The van der Waals surface area contributed by atoms with Crippen LogP contribution in [0.4, 0.5) is 0 Å². The van der Waals surface area contributed by atoms with Crippen molar-refractivity contribution in [3.8, 4) is 23.3 Å². The predicted molar refractivity (Wildman–Crippen MR) is 106 cm³/mol. The van der Waals surface area contributed by atoms with E-state index in [-0.39, 0.29) is 12.7 Å². The summed E-state index contributed by atoms with van der Waals surface area (Å²) in [5.41, 5.74) is 3.32. The monoisotopic (exact) mass is 401 g/mol. The van der Waals surface area contributed by atoms with E-state index in [1.54, 1.807) is 36.4 Å². The van der Waals surface area contributed by atoms with Crippen LogP contribution in [0, 0.1) is 11.3 Å². The van der Waals surface area contributed by atoms with Crippen LogP contribution in [0.3, 0.4) is 0 Å². The molecule has 0 aliphatic heterocycles. The zero-order valence-corrected chi connectivity index (χ0v) is 16.5. The zero-order valence-electron chi connectivity index (χ0n) is 15.7. The van der Waals surface area contributed by atoms with Gasteiger partial charge in [0.1, 0.15) is 11.8 Å². The van der Waals surface area contributed by atoms with Gasteiger partial charge in [0, 0.05) is 0 Å². The van der Waals surface area contributed by atoms with Crippen molar-refractivity contribution in [2.75, 3.05) is 13.7 Å². The second-order valence-electron chi connectivity index (χ2n) is 5.89. The molecule has 8 heteroatoms. The molecule has 0 aliphatic rings. The Kier molecular flexibility index (Phi) is 7.66. The van der Waals surface area contributed by atoms with E-state index in [1.807, 2.05) is 19.9 Å². The summed E-state index contributed by atoms with van der Waals surface area (Å²) in [4.78, 5) is 11.9. The average Bonchev–Trinajstić information content (AvgIpc) is 2.68. The van der Waals surface area contributed by atoms with E-state index in [0.717, 1.165) is 0 Å². The number of carbonyl (C=O) groups is 1. The van der Waals surface area contributed by atoms with E-state index in [9.17, 15) is 4.79 Å². The molecule has 1 amide bonds. The Morgan fingerprint density at radius 2 is 2.07 bits per heavy atom. The maximum absolute atomic E-state index is 11.9. The Morgan fingerprint density at radius 3 is 2.75 bits per heavy atom. The summed E-state index contributed by atoms with van der Waals surface area (Å²) in [6.07, 6.45) is 1.37. The first kappa shape index (κ1) is 21.1. The number of ether oxygens (including phenoxy) is 3. The third kappa shape index (κ3) is 5.89. The highest BCUT2D eigenvalue weighted by atomic mass is 35.5. The van der Waals surface area contributed by atoms with Crippen LogP contribution in [0.5, 0.6) is 17.2 Å². The molecule has 2 aromatic rings. The fourth-order valence-corrected chi connectivity index (χ4v) is 2.47. The second kappa shape index (κ2) is 10.2. The fraction of sp³-hybridized carbons (Fsp3) is 0.250. The number of amides is 1. The molecule has 0 spiro atoms. The number of nitrogens with one attached hydrogen (secondary N) is 1. The van der Waals surface area contributed by atoms with Gasteiger partial charge in [0.05, 0.1) is 30.0 Å². The van der Waals surface area contributed by atoms with Gasteiger partial charge in [-0.25, -0.2) is 5.43 Å². The Balaban J connectivity index is 1.97. The van der Waals surface area contributed by atoms with Gasteiger partial charge in [0.2, 0.25) is 0 Å². The van der Waals surface area contributed by atoms with E-state index in [1.165, 1.54) is 13.3 Å². The maximum atomic E-state index is 11.9. The maximum Gasteiger partial charge on any atom is 0.277 e. The molecule has 7 nitrogen and oxygen atoms in total. The lowest BCUT2D eigenvalue weighted by Crippen LogP contribution is -2.24. The van der Waals surface area contributed by atoms with Gasteiger partial charge in [-0.15, -0.1) is 0 Å². The van der Waals surface area contributed by atoms with Gasteiger partial charge >= 0.3 is 0 Å². The molecule has 0 aromatic heterocycles. The molecule has 0 saturated carbocycles. The lowest BCUT2D eigenvalue weighted by Gasteiger charge is -2.15. The molecule has 0 heterocycles. The van der Waals surface area contributed by atoms with Crippen molar-refractivity contribution < 1.29 is 19.0 Å². The van der Waals surface area contributed by atoms with Gasteiger partial charge in [-0.2, -0.15) is 10.4 Å². The van der Waals surface area contributed by atoms with E-state index in [0.29, 0.717) is 33.4 Å². The summed E-state index contributed by atoms with van der Waals surface area (Å²) in [7, 11) is 1.51. The normalized spacial score (nSPS) is 10.6. The fourth-order valence-electron chi connectivity index (χ4n) is 2.20. The van der Waals surface area contributed by atoms with Crippen molar-refractivity contribution >= 4 is 23.7 Å². The highest BCUT2D eigenvalue weighted by Gasteiger charge is 2.13. The highest BCUT2D eigenvalue weighted by molar-refractivity contribution is 6.32. The standard InChI is InChI=1S/C20H20ClN3O4/c1-13(2)28-20-16(21)8-14(9-18(20)26-3)11-23-24-19(25)12-27-17-7-5-4-6-15(17)10-22/h4-9,11,13H,12H2,1-3H3,(H,24,25)/b23-11-. The summed E-state index contributed by atoms with van der Waals surface area (Å²) in [6, 6.07) is 12.0. The van der Waals surface area contributed by atoms with Crippen LogP contribution < -0.4 is 19.6 Å². The Hall–Kier alpha value is -3.24. The van der Waals surface area contributed by atoms with Crippen molar-refractivity contribution in [3.63, 3.8) is 0 Å².